The third kappa shape index (κ3) is 2.67. The molecule has 1 nitrogen and oxygen atoms in total. The van der Waals surface area contributed by atoms with Gasteiger partial charge in [-0.1, -0.05) is 6.92 Å². The van der Waals surface area contributed by atoms with Crippen LogP contribution in [0.2, 0.25) is 0 Å². The molecule has 0 fully saturated rings. The Morgan fingerprint density at radius 1 is 1.38 bits per heavy atom. The number of anilines is 1. The van der Waals surface area contributed by atoms with Gasteiger partial charge in [-0.05, 0) is 44.0 Å². The Bertz CT molecular complexity index is 363. The first-order chi connectivity index (χ1) is 7.42. The van der Waals surface area contributed by atoms with Crippen molar-refractivity contribution in [2.45, 2.75) is 38.6 Å². The van der Waals surface area contributed by atoms with Crippen LogP contribution in [0.15, 0.2) is 18.2 Å². The lowest BCUT2D eigenvalue weighted by molar-refractivity contribution is 0.469. The van der Waals surface area contributed by atoms with E-state index in [1.807, 2.05) is 7.05 Å². The summed E-state index contributed by atoms with van der Waals surface area (Å²) in [6.45, 7) is 6.46. The van der Waals surface area contributed by atoms with E-state index in [0.29, 0.717) is 5.88 Å². The van der Waals surface area contributed by atoms with Crippen LogP contribution in [0, 0.1) is 5.82 Å². The zero-order chi connectivity index (χ0) is 12.3. The number of alkyl halides is 1. The molecule has 0 aliphatic heterocycles. The van der Waals surface area contributed by atoms with Crippen LogP contribution in [0.25, 0.3) is 0 Å². The summed E-state index contributed by atoms with van der Waals surface area (Å²) in [6, 6.07) is 4.78. The lowest BCUT2D eigenvalue weighted by Gasteiger charge is -2.37. The summed E-state index contributed by atoms with van der Waals surface area (Å²) in [7, 11) is 2.02. The van der Waals surface area contributed by atoms with Gasteiger partial charge in [0, 0.05) is 24.2 Å². The minimum atomic E-state index is -0.234. The summed E-state index contributed by atoms with van der Waals surface area (Å²) >= 11 is 5.85. The summed E-state index contributed by atoms with van der Waals surface area (Å²) in [4.78, 5) is 2.16. The van der Waals surface area contributed by atoms with E-state index in [-0.39, 0.29) is 11.4 Å². The zero-order valence-corrected chi connectivity index (χ0v) is 11.1. The fourth-order valence-electron chi connectivity index (χ4n) is 1.55. The first kappa shape index (κ1) is 13.3. The molecule has 0 bridgehead atoms. The van der Waals surface area contributed by atoms with Crippen LogP contribution in [0.5, 0.6) is 0 Å². The van der Waals surface area contributed by atoms with Crippen LogP contribution >= 0.6 is 11.6 Å². The summed E-state index contributed by atoms with van der Waals surface area (Å²) in [6.07, 6.45) is 1.02. The van der Waals surface area contributed by atoms with E-state index >= 15 is 0 Å². The third-order valence-corrected chi connectivity index (χ3v) is 3.61. The molecular formula is C13H19ClFN. The van der Waals surface area contributed by atoms with Crippen molar-refractivity contribution >= 4 is 17.3 Å². The molecule has 0 unspecified atom stereocenters. The van der Waals surface area contributed by atoms with Crippen LogP contribution in [-0.4, -0.2) is 12.6 Å². The lowest BCUT2D eigenvalue weighted by Crippen LogP contribution is -2.41. The number of benzene rings is 1. The topological polar surface area (TPSA) is 3.24 Å². The standard InChI is InChI=1S/C13H19ClFN/c1-5-13(2,3)16(4)12-7-6-11(15)8-10(12)9-14/h6-8H,5,9H2,1-4H3. The molecule has 0 heterocycles. The van der Waals surface area contributed by atoms with E-state index in [9.17, 15) is 4.39 Å². The molecule has 0 atom stereocenters. The monoisotopic (exact) mass is 243 g/mol. The molecule has 0 amide bonds. The lowest BCUT2D eigenvalue weighted by atomic mass is 9.98. The van der Waals surface area contributed by atoms with E-state index in [4.69, 9.17) is 11.6 Å². The molecule has 0 aliphatic carbocycles. The van der Waals surface area contributed by atoms with Gasteiger partial charge in [0.2, 0.25) is 0 Å². The molecule has 0 aliphatic rings. The minimum absolute atomic E-state index is 0.0403. The first-order valence-electron chi connectivity index (χ1n) is 5.50. The Balaban J connectivity index is 3.13. The summed E-state index contributed by atoms with van der Waals surface area (Å²) in [5, 5.41) is 0. The normalized spacial score (nSPS) is 11.6. The van der Waals surface area contributed by atoms with E-state index in [1.165, 1.54) is 12.1 Å². The average Bonchev–Trinajstić information content (AvgIpc) is 2.27. The van der Waals surface area contributed by atoms with Gasteiger partial charge in [-0.25, -0.2) is 4.39 Å². The maximum absolute atomic E-state index is 13.1. The molecule has 1 aromatic rings. The van der Waals surface area contributed by atoms with Crippen molar-refractivity contribution in [3.8, 4) is 0 Å². The van der Waals surface area contributed by atoms with Gasteiger partial charge in [-0.15, -0.1) is 11.6 Å². The molecule has 1 rings (SSSR count). The molecule has 1 aromatic carbocycles. The van der Waals surface area contributed by atoms with Crippen molar-refractivity contribution < 1.29 is 4.39 Å². The van der Waals surface area contributed by atoms with Crippen molar-refractivity contribution in [1.29, 1.82) is 0 Å². The van der Waals surface area contributed by atoms with Gasteiger partial charge >= 0.3 is 0 Å². The highest BCUT2D eigenvalue weighted by Crippen LogP contribution is 2.29. The van der Waals surface area contributed by atoms with Crippen molar-refractivity contribution in [2.24, 2.45) is 0 Å². The second-order valence-corrected chi connectivity index (χ2v) is 4.90. The Hall–Kier alpha value is -0.760. The zero-order valence-electron chi connectivity index (χ0n) is 10.3. The fourth-order valence-corrected chi connectivity index (χ4v) is 1.77. The minimum Gasteiger partial charge on any atom is -0.369 e. The predicted octanol–water partition coefficient (Wildman–Crippen LogP) is 4.19. The SMILES string of the molecule is CCC(C)(C)N(C)c1ccc(F)cc1CCl. The van der Waals surface area contributed by atoms with Crippen LogP contribution < -0.4 is 4.90 Å². The molecule has 0 radical (unpaired) electrons. The number of hydrogen-bond donors (Lipinski definition) is 0. The third-order valence-electron chi connectivity index (χ3n) is 3.32. The number of hydrogen-bond acceptors (Lipinski definition) is 1. The molecule has 3 heteroatoms. The molecule has 0 saturated carbocycles. The summed E-state index contributed by atoms with van der Waals surface area (Å²) in [5.41, 5.74) is 1.88. The number of halogens is 2. The van der Waals surface area contributed by atoms with E-state index in [0.717, 1.165) is 17.7 Å². The summed E-state index contributed by atoms with van der Waals surface area (Å²) in [5.74, 6) is 0.0964. The van der Waals surface area contributed by atoms with Crippen molar-refractivity contribution in [1.82, 2.24) is 0 Å². The number of nitrogens with zero attached hydrogens (tertiary/aromatic N) is 1. The van der Waals surface area contributed by atoms with Gasteiger partial charge in [0.15, 0.2) is 0 Å². The van der Waals surface area contributed by atoms with Crippen molar-refractivity contribution in [2.75, 3.05) is 11.9 Å². The molecule has 0 aromatic heterocycles. The van der Waals surface area contributed by atoms with Gasteiger partial charge in [-0.2, -0.15) is 0 Å². The molecule has 90 valence electrons. The van der Waals surface area contributed by atoms with E-state index in [2.05, 4.69) is 25.7 Å². The highest BCUT2D eigenvalue weighted by molar-refractivity contribution is 6.17. The van der Waals surface area contributed by atoms with Gasteiger partial charge in [0.1, 0.15) is 5.82 Å². The van der Waals surface area contributed by atoms with Crippen LogP contribution in [0.1, 0.15) is 32.8 Å². The Labute approximate surface area is 102 Å². The maximum atomic E-state index is 13.1. The van der Waals surface area contributed by atoms with Crippen LogP contribution in [-0.2, 0) is 5.88 Å². The van der Waals surface area contributed by atoms with Crippen LogP contribution in [0.4, 0.5) is 10.1 Å². The Morgan fingerprint density at radius 2 is 2.00 bits per heavy atom. The second-order valence-electron chi connectivity index (χ2n) is 4.63. The van der Waals surface area contributed by atoms with Crippen LogP contribution in [0.3, 0.4) is 0 Å². The molecule has 0 saturated heterocycles. The molecule has 16 heavy (non-hydrogen) atoms. The maximum Gasteiger partial charge on any atom is 0.123 e. The van der Waals surface area contributed by atoms with E-state index in [1.54, 1.807) is 6.07 Å². The second kappa shape index (κ2) is 5.05. The average molecular weight is 244 g/mol. The summed E-state index contributed by atoms with van der Waals surface area (Å²) < 4.78 is 13.1. The van der Waals surface area contributed by atoms with Crippen molar-refractivity contribution in [3.63, 3.8) is 0 Å². The van der Waals surface area contributed by atoms with Gasteiger partial charge in [0.05, 0.1) is 0 Å². The first-order valence-corrected chi connectivity index (χ1v) is 6.04. The Morgan fingerprint density at radius 3 is 2.50 bits per heavy atom. The fraction of sp³-hybridized carbons (Fsp3) is 0.538. The predicted molar refractivity (Wildman–Crippen MR) is 68.7 cm³/mol. The van der Waals surface area contributed by atoms with E-state index < -0.39 is 0 Å². The Kier molecular flexibility index (Phi) is 4.20. The molecule has 0 spiro atoms. The smallest absolute Gasteiger partial charge is 0.123 e. The van der Waals surface area contributed by atoms with Gasteiger partial charge < -0.3 is 4.90 Å². The van der Waals surface area contributed by atoms with Crippen molar-refractivity contribution in [3.05, 3.63) is 29.6 Å². The molecule has 0 N–H and O–H groups in total. The quantitative estimate of drug-likeness (QED) is 0.717. The number of rotatable bonds is 4. The largest absolute Gasteiger partial charge is 0.369 e. The highest BCUT2D eigenvalue weighted by atomic mass is 35.5. The van der Waals surface area contributed by atoms with Gasteiger partial charge in [0.25, 0.3) is 0 Å². The highest BCUT2D eigenvalue weighted by Gasteiger charge is 2.23. The van der Waals surface area contributed by atoms with Gasteiger partial charge in [-0.3, -0.25) is 0 Å². The molecular weight excluding hydrogens is 225 g/mol.